The standard InChI is InChI=1S/C14H18ClN3S/c1-3-8-18-14(12(15)9-17-18)13(16)10-4-6-11(19-2)7-5-10/h4-7,9,13H,3,8,16H2,1-2H3. The number of halogens is 1. The number of hydrogen-bond acceptors (Lipinski definition) is 3. The number of nitrogens with two attached hydrogens (primary N) is 1. The van der Waals surface area contributed by atoms with Crippen molar-refractivity contribution in [3.63, 3.8) is 0 Å². The summed E-state index contributed by atoms with van der Waals surface area (Å²) < 4.78 is 1.90. The van der Waals surface area contributed by atoms with Gasteiger partial charge in [-0.15, -0.1) is 11.8 Å². The van der Waals surface area contributed by atoms with Gasteiger partial charge in [0.15, 0.2) is 0 Å². The Bertz CT molecular complexity index is 536. The zero-order valence-corrected chi connectivity index (χ0v) is 12.7. The highest BCUT2D eigenvalue weighted by atomic mass is 35.5. The maximum absolute atomic E-state index is 6.33. The van der Waals surface area contributed by atoms with Gasteiger partial charge in [-0.3, -0.25) is 4.68 Å². The fraction of sp³-hybridized carbons (Fsp3) is 0.357. The third-order valence-corrected chi connectivity index (χ3v) is 4.07. The van der Waals surface area contributed by atoms with E-state index in [1.54, 1.807) is 18.0 Å². The van der Waals surface area contributed by atoms with Crippen LogP contribution in [-0.2, 0) is 6.54 Å². The van der Waals surface area contributed by atoms with E-state index in [1.807, 2.05) is 4.68 Å². The summed E-state index contributed by atoms with van der Waals surface area (Å²) in [5.74, 6) is 0. The summed E-state index contributed by atoms with van der Waals surface area (Å²) in [6.45, 7) is 2.94. The van der Waals surface area contributed by atoms with Crippen LogP contribution in [-0.4, -0.2) is 16.0 Å². The van der Waals surface area contributed by atoms with Gasteiger partial charge in [-0.25, -0.2) is 0 Å². The molecule has 1 aromatic carbocycles. The smallest absolute Gasteiger partial charge is 0.0837 e. The van der Waals surface area contributed by atoms with Gasteiger partial charge in [-0.05, 0) is 30.4 Å². The molecule has 2 rings (SSSR count). The van der Waals surface area contributed by atoms with E-state index in [4.69, 9.17) is 17.3 Å². The number of rotatable bonds is 5. The number of aromatic nitrogens is 2. The average Bonchev–Trinajstić information content (AvgIpc) is 2.80. The summed E-state index contributed by atoms with van der Waals surface area (Å²) in [6, 6.07) is 8.02. The van der Waals surface area contributed by atoms with Crippen LogP contribution in [0.3, 0.4) is 0 Å². The number of nitrogens with zero attached hydrogens (tertiary/aromatic N) is 2. The minimum atomic E-state index is -0.238. The van der Waals surface area contributed by atoms with Gasteiger partial charge in [0.2, 0.25) is 0 Å². The van der Waals surface area contributed by atoms with Gasteiger partial charge < -0.3 is 5.73 Å². The van der Waals surface area contributed by atoms with Crippen molar-refractivity contribution in [2.45, 2.75) is 30.8 Å². The van der Waals surface area contributed by atoms with Crippen LogP contribution in [0.1, 0.15) is 30.6 Å². The molecule has 0 radical (unpaired) electrons. The molecular formula is C14H18ClN3S. The molecule has 102 valence electrons. The lowest BCUT2D eigenvalue weighted by Gasteiger charge is -2.15. The molecule has 0 amide bonds. The maximum atomic E-state index is 6.33. The Morgan fingerprint density at radius 1 is 1.37 bits per heavy atom. The monoisotopic (exact) mass is 295 g/mol. The minimum Gasteiger partial charge on any atom is -0.319 e. The molecule has 2 N–H and O–H groups in total. The molecule has 0 spiro atoms. The molecule has 19 heavy (non-hydrogen) atoms. The zero-order valence-electron chi connectivity index (χ0n) is 11.1. The molecule has 0 aliphatic heterocycles. The predicted octanol–water partition coefficient (Wildman–Crippen LogP) is 3.72. The molecule has 1 aromatic heterocycles. The van der Waals surface area contributed by atoms with Crippen molar-refractivity contribution in [3.05, 3.63) is 46.7 Å². The van der Waals surface area contributed by atoms with E-state index in [0.29, 0.717) is 5.02 Å². The normalized spacial score (nSPS) is 12.6. The van der Waals surface area contributed by atoms with Gasteiger partial charge in [-0.1, -0.05) is 30.7 Å². The first-order valence-corrected chi connectivity index (χ1v) is 7.88. The quantitative estimate of drug-likeness (QED) is 0.855. The molecule has 0 aliphatic carbocycles. The first-order valence-electron chi connectivity index (χ1n) is 6.28. The van der Waals surface area contributed by atoms with E-state index < -0.39 is 0 Å². The third kappa shape index (κ3) is 3.14. The van der Waals surface area contributed by atoms with E-state index in [0.717, 1.165) is 24.2 Å². The van der Waals surface area contributed by atoms with E-state index in [-0.39, 0.29) is 6.04 Å². The van der Waals surface area contributed by atoms with Crippen LogP contribution in [0, 0.1) is 0 Å². The van der Waals surface area contributed by atoms with Gasteiger partial charge >= 0.3 is 0 Å². The summed E-state index contributed by atoms with van der Waals surface area (Å²) in [5, 5.41) is 4.92. The number of hydrogen-bond donors (Lipinski definition) is 1. The van der Waals surface area contributed by atoms with Crippen molar-refractivity contribution in [1.29, 1.82) is 0 Å². The second-order valence-corrected chi connectivity index (χ2v) is 5.64. The van der Waals surface area contributed by atoms with Crippen molar-refractivity contribution in [2.75, 3.05) is 6.26 Å². The Labute approximate surface area is 123 Å². The highest BCUT2D eigenvalue weighted by Crippen LogP contribution is 2.27. The second-order valence-electron chi connectivity index (χ2n) is 4.35. The highest BCUT2D eigenvalue weighted by molar-refractivity contribution is 7.98. The molecule has 0 bridgehead atoms. The second kappa shape index (κ2) is 6.46. The first kappa shape index (κ1) is 14.4. The zero-order chi connectivity index (χ0) is 13.8. The first-order chi connectivity index (χ1) is 9.17. The summed E-state index contributed by atoms with van der Waals surface area (Å²) >= 11 is 7.93. The lowest BCUT2D eigenvalue weighted by atomic mass is 10.0. The summed E-state index contributed by atoms with van der Waals surface area (Å²) in [7, 11) is 0. The summed E-state index contributed by atoms with van der Waals surface area (Å²) in [4.78, 5) is 1.23. The molecular weight excluding hydrogens is 278 g/mol. The van der Waals surface area contributed by atoms with Gasteiger partial charge in [0.1, 0.15) is 0 Å². The highest BCUT2D eigenvalue weighted by Gasteiger charge is 2.18. The molecule has 0 aliphatic rings. The van der Waals surface area contributed by atoms with Crippen molar-refractivity contribution in [2.24, 2.45) is 5.73 Å². The lowest BCUT2D eigenvalue weighted by molar-refractivity contribution is 0.560. The molecule has 2 aromatic rings. The van der Waals surface area contributed by atoms with Crippen LogP contribution < -0.4 is 5.73 Å². The molecule has 1 atom stereocenters. The maximum Gasteiger partial charge on any atom is 0.0837 e. The Hall–Kier alpha value is -0.970. The van der Waals surface area contributed by atoms with Crippen LogP contribution >= 0.6 is 23.4 Å². The Balaban J connectivity index is 2.31. The molecule has 1 heterocycles. The Morgan fingerprint density at radius 2 is 2.05 bits per heavy atom. The molecule has 1 unspecified atom stereocenters. The van der Waals surface area contributed by atoms with Crippen LogP contribution in [0.4, 0.5) is 0 Å². The van der Waals surface area contributed by atoms with Crippen LogP contribution in [0.5, 0.6) is 0 Å². The Morgan fingerprint density at radius 3 is 2.63 bits per heavy atom. The largest absolute Gasteiger partial charge is 0.319 e. The predicted molar refractivity (Wildman–Crippen MR) is 81.8 cm³/mol. The fourth-order valence-electron chi connectivity index (χ4n) is 2.04. The number of benzene rings is 1. The Kier molecular flexibility index (Phi) is 4.91. The van der Waals surface area contributed by atoms with Crippen molar-refractivity contribution in [3.8, 4) is 0 Å². The SMILES string of the molecule is CCCn1ncc(Cl)c1C(N)c1ccc(SC)cc1. The molecule has 3 nitrogen and oxygen atoms in total. The van der Waals surface area contributed by atoms with E-state index in [9.17, 15) is 0 Å². The lowest BCUT2D eigenvalue weighted by Crippen LogP contribution is -2.18. The van der Waals surface area contributed by atoms with E-state index >= 15 is 0 Å². The van der Waals surface area contributed by atoms with Gasteiger partial charge in [-0.2, -0.15) is 5.10 Å². The van der Waals surface area contributed by atoms with Gasteiger partial charge in [0.05, 0.1) is 23.0 Å². The third-order valence-electron chi connectivity index (χ3n) is 3.04. The average molecular weight is 296 g/mol. The molecule has 0 saturated heterocycles. The topological polar surface area (TPSA) is 43.8 Å². The van der Waals surface area contributed by atoms with Gasteiger partial charge in [0, 0.05) is 11.4 Å². The molecule has 0 fully saturated rings. The minimum absolute atomic E-state index is 0.238. The van der Waals surface area contributed by atoms with Crippen LogP contribution in [0.2, 0.25) is 5.02 Å². The number of thioether (sulfide) groups is 1. The van der Waals surface area contributed by atoms with E-state index in [2.05, 4.69) is 42.5 Å². The van der Waals surface area contributed by atoms with Crippen LogP contribution in [0.15, 0.2) is 35.4 Å². The van der Waals surface area contributed by atoms with E-state index in [1.165, 1.54) is 4.90 Å². The molecule has 0 saturated carbocycles. The van der Waals surface area contributed by atoms with Crippen molar-refractivity contribution < 1.29 is 0 Å². The molecule has 5 heteroatoms. The fourth-order valence-corrected chi connectivity index (χ4v) is 2.71. The number of aryl methyl sites for hydroxylation is 1. The summed E-state index contributed by atoms with van der Waals surface area (Å²) in [6.07, 6.45) is 4.73. The van der Waals surface area contributed by atoms with Crippen molar-refractivity contribution >= 4 is 23.4 Å². The van der Waals surface area contributed by atoms with Crippen LogP contribution in [0.25, 0.3) is 0 Å². The van der Waals surface area contributed by atoms with Gasteiger partial charge in [0.25, 0.3) is 0 Å². The summed E-state index contributed by atoms with van der Waals surface area (Å²) in [5.41, 5.74) is 8.27. The van der Waals surface area contributed by atoms with Crippen molar-refractivity contribution in [1.82, 2.24) is 9.78 Å².